The summed E-state index contributed by atoms with van der Waals surface area (Å²) in [7, 11) is 0. The molecule has 0 aromatic heterocycles. The zero-order chi connectivity index (χ0) is 7.72. The Morgan fingerprint density at radius 2 is 1.82 bits per heavy atom. The number of Topliss-reactive ketones (excluding diaryl/α,β-unsaturated/α-hetero) is 1. The number of amides is 2. The largest absolute Gasteiger partial charge is 1.00 e. The van der Waals surface area contributed by atoms with Gasteiger partial charge < -0.3 is 5.11 Å². The molecule has 0 aliphatic carbocycles. The minimum Gasteiger partial charge on any atom is -0.856 e. The van der Waals surface area contributed by atoms with Gasteiger partial charge in [0, 0.05) is 5.90 Å². The second-order valence-corrected chi connectivity index (χ2v) is 1.73. The molecule has 0 aromatic carbocycles. The first-order valence-electron chi connectivity index (χ1n) is 2.51. The first kappa shape index (κ1) is 10.5. The molecular formula is C5H3N2NaO3. The molecule has 5 nitrogen and oxygen atoms in total. The van der Waals surface area contributed by atoms with Gasteiger partial charge in [-0.15, -0.1) is 0 Å². The second kappa shape index (κ2) is 3.75. The van der Waals surface area contributed by atoms with Gasteiger partial charge in [0.25, 0.3) is 0 Å². The molecule has 0 bridgehead atoms. The minimum absolute atomic E-state index is 0. The summed E-state index contributed by atoms with van der Waals surface area (Å²) < 4.78 is 0. The van der Waals surface area contributed by atoms with Crippen LogP contribution in [0.2, 0.25) is 0 Å². The predicted molar refractivity (Wildman–Crippen MR) is 30.9 cm³/mol. The van der Waals surface area contributed by atoms with Crippen LogP contribution in [0.3, 0.4) is 0 Å². The van der Waals surface area contributed by atoms with Crippen molar-refractivity contribution < 1.29 is 44.3 Å². The molecule has 0 saturated carbocycles. The molecule has 0 atom stereocenters. The molecule has 1 heterocycles. The maximum Gasteiger partial charge on any atom is 1.00 e. The summed E-state index contributed by atoms with van der Waals surface area (Å²) in [6, 6.07) is -0.901. The molecule has 52 valence electrons. The van der Waals surface area contributed by atoms with E-state index >= 15 is 0 Å². The van der Waals surface area contributed by atoms with Gasteiger partial charge in [0.05, 0.1) is 5.71 Å². The number of urea groups is 1. The molecule has 6 heteroatoms. The van der Waals surface area contributed by atoms with Crippen LogP contribution in [-0.2, 0) is 4.79 Å². The Morgan fingerprint density at radius 1 is 1.27 bits per heavy atom. The molecule has 0 N–H and O–H groups in total. The molecule has 11 heavy (non-hydrogen) atoms. The van der Waals surface area contributed by atoms with Crippen LogP contribution in [0.1, 0.15) is 6.92 Å². The molecule has 0 radical (unpaired) electrons. The molecular weight excluding hydrogens is 159 g/mol. The smallest absolute Gasteiger partial charge is 0.856 e. The number of rotatable bonds is 0. The van der Waals surface area contributed by atoms with E-state index in [2.05, 4.69) is 9.98 Å². The Morgan fingerprint density at radius 3 is 2.27 bits per heavy atom. The van der Waals surface area contributed by atoms with Crippen molar-refractivity contribution in [1.82, 2.24) is 0 Å². The van der Waals surface area contributed by atoms with Gasteiger partial charge >= 0.3 is 35.6 Å². The third kappa shape index (κ3) is 2.21. The number of carbonyl (C=O) groups excluding carboxylic acids is 2. The number of hydrogen-bond donors (Lipinski definition) is 0. The number of ketones is 1. The van der Waals surface area contributed by atoms with E-state index in [1.165, 1.54) is 6.92 Å². The number of carbonyl (C=O) groups is 2. The third-order valence-corrected chi connectivity index (χ3v) is 0.983. The van der Waals surface area contributed by atoms with Gasteiger partial charge in [-0.3, -0.25) is 4.79 Å². The SMILES string of the molecule is CC1=NC(=O)N=C([O-])C1=O.[Na+]. The van der Waals surface area contributed by atoms with Crippen molar-refractivity contribution in [2.75, 3.05) is 0 Å². The van der Waals surface area contributed by atoms with E-state index in [1.807, 2.05) is 0 Å². The van der Waals surface area contributed by atoms with E-state index in [0.717, 1.165) is 0 Å². The van der Waals surface area contributed by atoms with E-state index in [1.54, 1.807) is 0 Å². The van der Waals surface area contributed by atoms with Crippen LogP contribution in [0, 0.1) is 0 Å². The third-order valence-electron chi connectivity index (χ3n) is 0.983. The summed E-state index contributed by atoms with van der Waals surface area (Å²) in [5.74, 6) is -1.84. The Bertz CT molecular complexity index is 245. The van der Waals surface area contributed by atoms with Crippen molar-refractivity contribution in [3.8, 4) is 0 Å². The van der Waals surface area contributed by atoms with Crippen LogP contribution in [0.4, 0.5) is 4.79 Å². The van der Waals surface area contributed by atoms with Gasteiger partial charge in [-0.25, -0.2) is 9.79 Å². The number of hydrogen-bond acceptors (Lipinski definition) is 3. The van der Waals surface area contributed by atoms with Gasteiger partial charge in [0.1, 0.15) is 0 Å². The molecule has 0 aromatic rings. The topological polar surface area (TPSA) is 81.9 Å². The van der Waals surface area contributed by atoms with E-state index in [4.69, 9.17) is 0 Å². The van der Waals surface area contributed by atoms with Crippen molar-refractivity contribution >= 4 is 23.4 Å². The van der Waals surface area contributed by atoms with E-state index < -0.39 is 17.7 Å². The van der Waals surface area contributed by atoms with Gasteiger partial charge in [-0.1, -0.05) is 0 Å². The van der Waals surface area contributed by atoms with Gasteiger partial charge in [0.2, 0.25) is 5.78 Å². The normalized spacial score (nSPS) is 16.8. The van der Waals surface area contributed by atoms with Crippen molar-refractivity contribution in [3.63, 3.8) is 0 Å². The van der Waals surface area contributed by atoms with Crippen molar-refractivity contribution in [2.45, 2.75) is 6.92 Å². The van der Waals surface area contributed by atoms with Crippen LogP contribution >= 0.6 is 0 Å². The Kier molecular flexibility index (Phi) is 3.57. The summed E-state index contributed by atoms with van der Waals surface area (Å²) >= 11 is 0. The fraction of sp³-hybridized carbons (Fsp3) is 0.200. The average molecular weight is 162 g/mol. The van der Waals surface area contributed by atoms with Crippen molar-refractivity contribution in [3.05, 3.63) is 0 Å². The average Bonchev–Trinajstić information content (AvgIpc) is 1.82. The standard InChI is InChI=1S/C5H4N2O3.Na/c1-2-3(8)4(9)7-5(10)6-2;/h1H3,(H,7,9,10);/q;+1/p-1. The molecule has 1 aliphatic rings. The van der Waals surface area contributed by atoms with Crippen LogP contribution in [0.15, 0.2) is 9.98 Å². The summed E-state index contributed by atoms with van der Waals surface area (Å²) in [4.78, 5) is 26.8. The van der Waals surface area contributed by atoms with Crippen LogP contribution in [0.25, 0.3) is 0 Å². The van der Waals surface area contributed by atoms with E-state index in [0.29, 0.717) is 0 Å². The van der Waals surface area contributed by atoms with E-state index in [9.17, 15) is 14.7 Å². The second-order valence-electron chi connectivity index (χ2n) is 1.73. The quantitative estimate of drug-likeness (QED) is 0.339. The predicted octanol–water partition coefficient (Wildman–Crippen LogP) is -4.09. The summed E-state index contributed by atoms with van der Waals surface area (Å²) in [6.07, 6.45) is 0. The zero-order valence-electron chi connectivity index (χ0n) is 6.12. The van der Waals surface area contributed by atoms with Crippen molar-refractivity contribution in [1.29, 1.82) is 0 Å². The zero-order valence-corrected chi connectivity index (χ0v) is 8.12. The Balaban J connectivity index is 0.000001000. The van der Waals surface area contributed by atoms with Crippen molar-refractivity contribution in [2.24, 2.45) is 9.98 Å². The fourth-order valence-electron chi connectivity index (χ4n) is 0.512. The molecule has 2 amide bonds. The van der Waals surface area contributed by atoms with Gasteiger partial charge in [0.15, 0.2) is 0 Å². The molecule has 1 aliphatic heterocycles. The first-order chi connectivity index (χ1) is 4.61. The summed E-state index contributed by atoms with van der Waals surface area (Å²) in [5, 5.41) is 10.4. The molecule has 0 saturated heterocycles. The minimum atomic E-state index is -1.03. The number of nitrogens with zero attached hydrogens (tertiary/aromatic N) is 2. The fourth-order valence-corrected chi connectivity index (χ4v) is 0.512. The van der Waals surface area contributed by atoms with E-state index in [-0.39, 0.29) is 35.3 Å². The molecule has 0 unspecified atom stereocenters. The maximum absolute atomic E-state index is 10.5. The van der Waals surface area contributed by atoms with Crippen LogP contribution in [0.5, 0.6) is 0 Å². The Hall–Kier alpha value is -0.520. The monoisotopic (exact) mass is 162 g/mol. The molecule has 1 rings (SSSR count). The molecule has 0 fully saturated rings. The first-order valence-corrected chi connectivity index (χ1v) is 2.51. The molecule has 0 spiro atoms. The van der Waals surface area contributed by atoms with Crippen LogP contribution < -0.4 is 34.7 Å². The summed E-state index contributed by atoms with van der Waals surface area (Å²) in [6.45, 7) is 1.30. The summed E-state index contributed by atoms with van der Waals surface area (Å²) in [5.41, 5.74) is -0.0926. The number of aliphatic imine (C=N–C) groups is 2. The maximum atomic E-state index is 10.5. The van der Waals surface area contributed by atoms with Gasteiger partial charge in [-0.2, -0.15) is 4.99 Å². The van der Waals surface area contributed by atoms with Gasteiger partial charge in [-0.05, 0) is 6.92 Å². The van der Waals surface area contributed by atoms with Crippen LogP contribution in [-0.4, -0.2) is 23.4 Å². The Labute approximate surface area is 84.5 Å².